The summed E-state index contributed by atoms with van der Waals surface area (Å²) in [4.78, 5) is 26.8. The minimum atomic E-state index is -0.821. The van der Waals surface area contributed by atoms with Crippen LogP contribution in [0.25, 0.3) is 0 Å². The normalized spacial score (nSPS) is 26.5. The third-order valence-corrected chi connectivity index (χ3v) is 3.57. The van der Waals surface area contributed by atoms with Gasteiger partial charge in [-0.1, -0.05) is 13.8 Å². The SMILES string of the molecule is CC(C)CCN1CC(C(=O)O)CN(C)C(=O)C1C. The molecule has 2 unspecified atom stereocenters. The summed E-state index contributed by atoms with van der Waals surface area (Å²) in [5.74, 6) is -0.742. The second kappa shape index (κ2) is 6.18. The van der Waals surface area contributed by atoms with Gasteiger partial charge >= 0.3 is 5.97 Å². The Kier molecular flexibility index (Phi) is 5.14. The van der Waals surface area contributed by atoms with E-state index in [9.17, 15) is 14.7 Å². The van der Waals surface area contributed by atoms with Gasteiger partial charge in [0.05, 0.1) is 12.0 Å². The Morgan fingerprint density at radius 3 is 2.56 bits per heavy atom. The molecule has 0 saturated carbocycles. The molecule has 1 N–H and O–H groups in total. The van der Waals surface area contributed by atoms with Gasteiger partial charge in [0.15, 0.2) is 0 Å². The number of likely N-dealkylation sites (N-methyl/N-ethyl adjacent to an activating group) is 1. The zero-order valence-corrected chi connectivity index (χ0v) is 11.7. The number of carbonyl (C=O) groups is 2. The summed E-state index contributed by atoms with van der Waals surface area (Å²) in [7, 11) is 1.68. The van der Waals surface area contributed by atoms with Gasteiger partial charge in [0.2, 0.25) is 5.91 Å². The number of carbonyl (C=O) groups excluding carboxylic acids is 1. The summed E-state index contributed by atoms with van der Waals surface area (Å²) in [5, 5.41) is 9.18. The van der Waals surface area contributed by atoms with E-state index in [4.69, 9.17) is 0 Å². The molecule has 1 aliphatic heterocycles. The van der Waals surface area contributed by atoms with Crippen molar-refractivity contribution in [2.24, 2.45) is 11.8 Å². The number of carboxylic acids is 1. The van der Waals surface area contributed by atoms with E-state index in [0.717, 1.165) is 13.0 Å². The first-order valence-corrected chi connectivity index (χ1v) is 6.54. The second-order valence-electron chi connectivity index (χ2n) is 5.61. The van der Waals surface area contributed by atoms with E-state index in [1.54, 1.807) is 11.9 Å². The van der Waals surface area contributed by atoms with Gasteiger partial charge < -0.3 is 10.0 Å². The standard InChI is InChI=1S/C13H24N2O3/c1-9(2)5-6-15-8-11(13(17)18)7-14(4)12(16)10(15)3/h9-11H,5-8H2,1-4H3,(H,17,18). The van der Waals surface area contributed by atoms with Crippen molar-refractivity contribution in [2.75, 3.05) is 26.7 Å². The van der Waals surface area contributed by atoms with Crippen LogP contribution in [-0.4, -0.2) is 59.5 Å². The monoisotopic (exact) mass is 256 g/mol. The Morgan fingerprint density at radius 2 is 2.06 bits per heavy atom. The Balaban J connectivity index is 2.78. The van der Waals surface area contributed by atoms with Gasteiger partial charge in [-0.05, 0) is 25.8 Å². The van der Waals surface area contributed by atoms with Crippen molar-refractivity contribution in [1.82, 2.24) is 9.80 Å². The lowest BCUT2D eigenvalue weighted by atomic mass is 10.1. The fourth-order valence-corrected chi connectivity index (χ4v) is 2.26. The summed E-state index contributed by atoms with van der Waals surface area (Å²) >= 11 is 0. The third kappa shape index (κ3) is 3.70. The van der Waals surface area contributed by atoms with Crippen LogP contribution in [0.3, 0.4) is 0 Å². The van der Waals surface area contributed by atoms with Gasteiger partial charge in [-0.15, -0.1) is 0 Å². The predicted octanol–water partition coefficient (Wildman–Crippen LogP) is 0.896. The fraction of sp³-hybridized carbons (Fsp3) is 0.846. The minimum Gasteiger partial charge on any atom is -0.481 e. The van der Waals surface area contributed by atoms with Gasteiger partial charge in [0.1, 0.15) is 0 Å². The van der Waals surface area contributed by atoms with Crippen LogP contribution in [0.4, 0.5) is 0 Å². The lowest BCUT2D eigenvalue weighted by molar-refractivity contribution is -0.142. The molecule has 1 saturated heterocycles. The lowest BCUT2D eigenvalue weighted by Gasteiger charge is -2.27. The van der Waals surface area contributed by atoms with Crippen LogP contribution in [0.2, 0.25) is 0 Å². The molecule has 0 aliphatic carbocycles. The molecule has 5 heteroatoms. The first kappa shape index (κ1) is 15.0. The van der Waals surface area contributed by atoms with E-state index in [1.807, 2.05) is 11.8 Å². The maximum absolute atomic E-state index is 12.1. The van der Waals surface area contributed by atoms with Gasteiger partial charge in [0.25, 0.3) is 0 Å². The van der Waals surface area contributed by atoms with Crippen molar-refractivity contribution in [3.8, 4) is 0 Å². The van der Waals surface area contributed by atoms with E-state index in [-0.39, 0.29) is 11.9 Å². The number of aliphatic carboxylic acids is 1. The molecule has 1 amide bonds. The average Bonchev–Trinajstić information content (AvgIpc) is 2.39. The first-order chi connectivity index (χ1) is 8.32. The van der Waals surface area contributed by atoms with Crippen molar-refractivity contribution in [3.63, 3.8) is 0 Å². The minimum absolute atomic E-state index is 0.0162. The molecule has 1 aliphatic rings. The fourth-order valence-electron chi connectivity index (χ4n) is 2.26. The number of nitrogens with zero attached hydrogens (tertiary/aromatic N) is 2. The molecule has 104 valence electrons. The molecule has 0 spiro atoms. The molecule has 0 bridgehead atoms. The van der Waals surface area contributed by atoms with E-state index < -0.39 is 11.9 Å². The lowest BCUT2D eigenvalue weighted by Crippen LogP contribution is -2.43. The summed E-state index contributed by atoms with van der Waals surface area (Å²) in [6, 6.07) is -0.224. The zero-order valence-electron chi connectivity index (χ0n) is 11.7. The summed E-state index contributed by atoms with van der Waals surface area (Å²) in [6.45, 7) is 7.66. The van der Waals surface area contributed by atoms with Crippen LogP contribution in [-0.2, 0) is 9.59 Å². The molecular formula is C13H24N2O3. The van der Waals surface area contributed by atoms with Crippen LogP contribution in [0.5, 0.6) is 0 Å². The van der Waals surface area contributed by atoms with Crippen molar-refractivity contribution >= 4 is 11.9 Å². The molecule has 5 nitrogen and oxygen atoms in total. The molecule has 2 atom stereocenters. The molecule has 1 fully saturated rings. The third-order valence-electron chi connectivity index (χ3n) is 3.57. The maximum Gasteiger partial charge on any atom is 0.309 e. The van der Waals surface area contributed by atoms with E-state index >= 15 is 0 Å². The number of hydrogen-bond donors (Lipinski definition) is 1. The van der Waals surface area contributed by atoms with Crippen molar-refractivity contribution < 1.29 is 14.7 Å². The Bertz CT molecular complexity index is 317. The van der Waals surface area contributed by atoms with Crippen LogP contribution in [0, 0.1) is 11.8 Å². The summed E-state index contributed by atoms with van der Waals surface area (Å²) < 4.78 is 0. The molecule has 0 aromatic carbocycles. The quantitative estimate of drug-likeness (QED) is 0.811. The molecule has 0 aromatic rings. The average molecular weight is 256 g/mol. The van der Waals surface area contributed by atoms with Crippen molar-refractivity contribution in [3.05, 3.63) is 0 Å². The Morgan fingerprint density at radius 1 is 1.44 bits per heavy atom. The molecule has 1 heterocycles. The highest BCUT2D eigenvalue weighted by Gasteiger charge is 2.34. The molecule has 1 rings (SSSR count). The number of hydrogen-bond acceptors (Lipinski definition) is 3. The van der Waals surface area contributed by atoms with Crippen LogP contribution in [0.1, 0.15) is 27.2 Å². The number of amides is 1. The van der Waals surface area contributed by atoms with Gasteiger partial charge in [-0.3, -0.25) is 14.5 Å². The highest BCUT2D eigenvalue weighted by atomic mass is 16.4. The van der Waals surface area contributed by atoms with E-state index in [1.165, 1.54) is 0 Å². The van der Waals surface area contributed by atoms with Crippen LogP contribution in [0.15, 0.2) is 0 Å². The van der Waals surface area contributed by atoms with E-state index in [0.29, 0.717) is 19.0 Å². The van der Waals surface area contributed by atoms with Gasteiger partial charge in [-0.2, -0.15) is 0 Å². The highest BCUT2D eigenvalue weighted by molar-refractivity contribution is 5.82. The van der Waals surface area contributed by atoms with Crippen molar-refractivity contribution in [1.29, 1.82) is 0 Å². The van der Waals surface area contributed by atoms with Crippen molar-refractivity contribution in [2.45, 2.75) is 33.2 Å². The second-order valence-corrected chi connectivity index (χ2v) is 5.61. The highest BCUT2D eigenvalue weighted by Crippen LogP contribution is 2.16. The molecule has 18 heavy (non-hydrogen) atoms. The zero-order chi connectivity index (χ0) is 13.9. The maximum atomic E-state index is 12.1. The Hall–Kier alpha value is -1.10. The largest absolute Gasteiger partial charge is 0.481 e. The van der Waals surface area contributed by atoms with Gasteiger partial charge in [-0.25, -0.2) is 0 Å². The number of rotatable bonds is 4. The van der Waals surface area contributed by atoms with E-state index in [2.05, 4.69) is 13.8 Å². The number of carboxylic acid groups (broad SMARTS) is 1. The first-order valence-electron chi connectivity index (χ1n) is 6.54. The van der Waals surface area contributed by atoms with Crippen LogP contribution < -0.4 is 0 Å². The smallest absolute Gasteiger partial charge is 0.309 e. The Labute approximate surface area is 109 Å². The molecule has 0 radical (unpaired) electrons. The molecular weight excluding hydrogens is 232 g/mol. The summed E-state index contributed by atoms with van der Waals surface area (Å²) in [5.41, 5.74) is 0. The van der Waals surface area contributed by atoms with Gasteiger partial charge in [0, 0.05) is 20.1 Å². The van der Waals surface area contributed by atoms with Crippen LogP contribution >= 0.6 is 0 Å². The topological polar surface area (TPSA) is 60.9 Å². The predicted molar refractivity (Wildman–Crippen MR) is 69.3 cm³/mol. The molecule has 0 aromatic heterocycles. The summed E-state index contributed by atoms with van der Waals surface area (Å²) in [6.07, 6.45) is 0.980.